The summed E-state index contributed by atoms with van der Waals surface area (Å²) in [6.07, 6.45) is 11.8. The second-order valence-corrected chi connectivity index (χ2v) is 11.5. The molecular weight excluding hydrogens is 482 g/mol. The largest absolute Gasteiger partial charge is 0.351 e. The fraction of sp³-hybridized carbons (Fsp3) is 0.423. The van der Waals surface area contributed by atoms with E-state index in [1.165, 1.54) is 6.07 Å². The Kier molecular flexibility index (Phi) is 8.36. The summed E-state index contributed by atoms with van der Waals surface area (Å²) >= 11 is 6.11. The van der Waals surface area contributed by atoms with Crippen LogP contribution >= 0.6 is 11.6 Å². The number of rotatable bonds is 9. The van der Waals surface area contributed by atoms with Crippen LogP contribution in [0.5, 0.6) is 0 Å². The Morgan fingerprint density at radius 1 is 1.00 bits per heavy atom. The molecule has 0 radical (unpaired) electrons. The van der Waals surface area contributed by atoms with Gasteiger partial charge in [0.15, 0.2) is 9.84 Å². The number of sulfone groups is 1. The fourth-order valence-corrected chi connectivity index (χ4v) is 6.35. The van der Waals surface area contributed by atoms with Gasteiger partial charge in [-0.15, -0.1) is 0 Å². The van der Waals surface area contributed by atoms with Crippen LogP contribution in [-0.2, 0) is 34.9 Å². The molecule has 186 valence electrons. The number of anilines is 1. The highest BCUT2D eigenvalue weighted by Gasteiger charge is 2.20. The van der Waals surface area contributed by atoms with E-state index in [1.54, 1.807) is 24.4 Å². The molecule has 0 spiro atoms. The number of nitrogens with zero attached hydrogens (tertiary/aromatic N) is 3. The Morgan fingerprint density at radius 3 is 2.37 bits per heavy atom. The summed E-state index contributed by atoms with van der Waals surface area (Å²) in [5.41, 5.74) is 9.69. The van der Waals surface area contributed by atoms with Gasteiger partial charge in [-0.1, -0.05) is 36.7 Å². The highest BCUT2D eigenvalue weighted by atomic mass is 35.5. The molecule has 9 heteroatoms. The van der Waals surface area contributed by atoms with E-state index in [2.05, 4.69) is 27.2 Å². The molecule has 2 aromatic heterocycles. The highest BCUT2D eigenvalue weighted by molar-refractivity contribution is 7.90. The van der Waals surface area contributed by atoms with Crippen molar-refractivity contribution in [2.24, 2.45) is 5.73 Å². The molecule has 1 saturated carbocycles. The van der Waals surface area contributed by atoms with Crippen LogP contribution in [0.15, 0.2) is 53.8 Å². The van der Waals surface area contributed by atoms with Gasteiger partial charge in [0, 0.05) is 36.4 Å². The topological polar surface area (TPSA) is 111 Å². The number of nitrogens with one attached hydrogen (secondary N) is 1. The Labute approximate surface area is 212 Å². The number of aromatic nitrogens is 3. The highest BCUT2D eigenvalue weighted by Crippen LogP contribution is 2.25. The minimum atomic E-state index is -3.56. The molecule has 0 unspecified atom stereocenters. The molecule has 0 aliphatic heterocycles. The lowest BCUT2D eigenvalue weighted by Gasteiger charge is -2.26. The molecule has 35 heavy (non-hydrogen) atoms. The van der Waals surface area contributed by atoms with Gasteiger partial charge in [0.1, 0.15) is 0 Å². The van der Waals surface area contributed by atoms with Crippen molar-refractivity contribution in [1.82, 2.24) is 15.0 Å². The predicted octanol–water partition coefficient (Wildman–Crippen LogP) is 4.53. The number of benzene rings is 1. The quantitative estimate of drug-likeness (QED) is 0.432. The molecule has 1 aliphatic carbocycles. The molecule has 0 bridgehead atoms. The molecule has 0 amide bonds. The first-order valence-corrected chi connectivity index (χ1v) is 14.1. The van der Waals surface area contributed by atoms with Crippen LogP contribution in [-0.4, -0.2) is 35.5 Å². The molecule has 4 rings (SSSR count). The standard InChI is InChI=1S/C26H32ClN5O2S/c1-2-20-13-19(17-35(33,34)25-6-4-3-5-23(25)27)16-29-24(20)12-7-18-14-30-26(31-15-18)32-22-10-8-21(28)9-11-22/h3-6,13-16,21-22H,2,7-12,17,28H2,1H3,(H,30,31,32). The Balaban J connectivity index is 1.37. The summed E-state index contributed by atoms with van der Waals surface area (Å²) in [4.78, 5) is 13.7. The minimum absolute atomic E-state index is 0.133. The van der Waals surface area contributed by atoms with Crippen molar-refractivity contribution in [2.45, 2.75) is 74.6 Å². The van der Waals surface area contributed by atoms with Gasteiger partial charge < -0.3 is 11.1 Å². The average Bonchev–Trinajstić information content (AvgIpc) is 2.85. The van der Waals surface area contributed by atoms with Gasteiger partial charge in [-0.05, 0) is 73.8 Å². The van der Waals surface area contributed by atoms with Crippen LogP contribution in [0.25, 0.3) is 0 Å². The number of aryl methyl sites for hydroxylation is 3. The summed E-state index contributed by atoms with van der Waals surface area (Å²) in [6.45, 7) is 2.05. The zero-order chi connectivity index (χ0) is 24.8. The average molecular weight is 514 g/mol. The first-order chi connectivity index (χ1) is 16.8. The summed E-state index contributed by atoms with van der Waals surface area (Å²) in [6, 6.07) is 9.16. The smallest absolute Gasteiger partial charge is 0.222 e. The minimum Gasteiger partial charge on any atom is -0.351 e. The van der Waals surface area contributed by atoms with E-state index < -0.39 is 9.84 Å². The fourth-order valence-electron chi connectivity index (χ4n) is 4.46. The maximum atomic E-state index is 12.8. The van der Waals surface area contributed by atoms with Gasteiger partial charge in [0.2, 0.25) is 5.95 Å². The van der Waals surface area contributed by atoms with Gasteiger partial charge in [-0.2, -0.15) is 0 Å². The van der Waals surface area contributed by atoms with E-state index in [0.29, 0.717) is 23.6 Å². The molecule has 0 atom stereocenters. The van der Waals surface area contributed by atoms with Crippen LogP contribution in [0.3, 0.4) is 0 Å². The van der Waals surface area contributed by atoms with Crippen molar-refractivity contribution < 1.29 is 8.42 Å². The second kappa shape index (κ2) is 11.5. The molecule has 7 nitrogen and oxygen atoms in total. The third-order valence-corrected chi connectivity index (χ3v) is 8.67. The van der Waals surface area contributed by atoms with E-state index in [0.717, 1.165) is 61.8 Å². The zero-order valence-corrected chi connectivity index (χ0v) is 21.5. The first-order valence-electron chi connectivity index (χ1n) is 12.1. The number of nitrogens with two attached hydrogens (primary N) is 1. The molecule has 3 N–H and O–H groups in total. The summed E-state index contributed by atoms with van der Waals surface area (Å²) in [5, 5.41) is 3.65. The lowest BCUT2D eigenvalue weighted by Crippen LogP contribution is -2.33. The van der Waals surface area contributed by atoms with E-state index in [1.807, 2.05) is 18.5 Å². The van der Waals surface area contributed by atoms with Crippen LogP contribution in [0, 0.1) is 0 Å². The third kappa shape index (κ3) is 6.78. The summed E-state index contributed by atoms with van der Waals surface area (Å²) in [5.74, 6) is 0.525. The Morgan fingerprint density at radius 2 is 1.69 bits per heavy atom. The number of pyridine rings is 1. The SMILES string of the molecule is CCc1cc(CS(=O)(=O)c2ccccc2Cl)cnc1CCc1cnc(NC2CCC(N)CC2)nc1. The van der Waals surface area contributed by atoms with Crippen LogP contribution in [0.4, 0.5) is 5.95 Å². The molecule has 3 aromatic rings. The van der Waals surface area contributed by atoms with E-state index >= 15 is 0 Å². The third-order valence-electron chi connectivity index (χ3n) is 6.49. The van der Waals surface area contributed by atoms with Crippen molar-refractivity contribution in [3.05, 3.63) is 76.3 Å². The van der Waals surface area contributed by atoms with Crippen molar-refractivity contribution >= 4 is 27.4 Å². The van der Waals surface area contributed by atoms with Crippen LogP contribution in [0.1, 0.15) is 55.0 Å². The summed E-state index contributed by atoms with van der Waals surface area (Å²) < 4.78 is 25.7. The van der Waals surface area contributed by atoms with Gasteiger partial charge in [-0.3, -0.25) is 4.98 Å². The van der Waals surface area contributed by atoms with Crippen LogP contribution in [0.2, 0.25) is 5.02 Å². The van der Waals surface area contributed by atoms with E-state index in [4.69, 9.17) is 17.3 Å². The van der Waals surface area contributed by atoms with Crippen LogP contribution < -0.4 is 11.1 Å². The first kappa shape index (κ1) is 25.5. The molecule has 0 saturated heterocycles. The molecule has 1 fully saturated rings. The van der Waals surface area contributed by atoms with E-state index in [9.17, 15) is 8.42 Å². The maximum absolute atomic E-state index is 12.8. The maximum Gasteiger partial charge on any atom is 0.222 e. The van der Waals surface area contributed by atoms with Crippen molar-refractivity contribution in [1.29, 1.82) is 0 Å². The monoisotopic (exact) mass is 513 g/mol. The molecule has 1 aromatic carbocycles. The Hall–Kier alpha value is -2.55. The van der Waals surface area contributed by atoms with Crippen molar-refractivity contribution in [3.63, 3.8) is 0 Å². The lowest BCUT2D eigenvalue weighted by molar-refractivity contribution is 0.410. The summed E-state index contributed by atoms with van der Waals surface area (Å²) in [7, 11) is -3.56. The normalized spacial score (nSPS) is 18.4. The van der Waals surface area contributed by atoms with Gasteiger partial charge in [0.25, 0.3) is 0 Å². The lowest BCUT2D eigenvalue weighted by atomic mass is 9.92. The van der Waals surface area contributed by atoms with Gasteiger partial charge >= 0.3 is 0 Å². The number of hydrogen-bond acceptors (Lipinski definition) is 7. The second-order valence-electron chi connectivity index (χ2n) is 9.16. The van der Waals surface area contributed by atoms with Crippen molar-refractivity contribution in [3.8, 4) is 0 Å². The van der Waals surface area contributed by atoms with Gasteiger partial charge in [0.05, 0.1) is 15.7 Å². The molecule has 1 aliphatic rings. The predicted molar refractivity (Wildman–Crippen MR) is 139 cm³/mol. The van der Waals surface area contributed by atoms with Crippen molar-refractivity contribution in [2.75, 3.05) is 5.32 Å². The van der Waals surface area contributed by atoms with Gasteiger partial charge in [-0.25, -0.2) is 18.4 Å². The van der Waals surface area contributed by atoms with E-state index in [-0.39, 0.29) is 15.7 Å². The zero-order valence-electron chi connectivity index (χ0n) is 20.0. The number of hydrogen-bond donors (Lipinski definition) is 2. The molecular formula is C26H32ClN5O2S. The molecule has 2 heterocycles. The number of halogens is 1. The Bertz CT molecular complexity index is 1240.